The van der Waals surface area contributed by atoms with Gasteiger partial charge in [-0.05, 0) is 45.4 Å². The van der Waals surface area contributed by atoms with Crippen LogP contribution in [0.2, 0.25) is 0 Å². The van der Waals surface area contributed by atoms with Crippen LogP contribution in [0.5, 0.6) is 0 Å². The Labute approximate surface area is 108 Å². The van der Waals surface area contributed by atoms with Gasteiger partial charge in [0.25, 0.3) is 0 Å². The van der Waals surface area contributed by atoms with Crippen LogP contribution in [0.25, 0.3) is 6.08 Å². The lowest BCUT2D eigenvalue weighted by Crippen LogP contribution is -2.41. The highest BCUT2D eigenvalue weighted by molar-refractivity contribution is 6.52. The summed E-state index contributed by atoms with van der Waals surface area (Å²) in [6.45, 7) is 8.05. The molecule has 2 nitrogen and oxygen atoms in total. The van der Waals surface area contributed by atoms with Crippen molar-refractivity contribution in [3.8, 4) is 0 Å². The number of hydrogen-bond acceptors (Lipinski definition) is 2. The first-order valence-corrected chi connectivity index (χ1v) is 6.10. The minimum atomic E-state index is -0.361. The average molecular weight is 248 g/mol. The predicted molar refractivity (Wildman–Crippen MR) is 71.5 cm³/mol. The third kappa shape index (κ3) is 2.65. The lowest BCUT2D eigenvalue weighted by Gasteiger charge is -2.32. The SMILES string of the molecule is CC1(C)OB(/C=C\c2ccc(F)cc2)OC1(C)C. The van der Waals surface area contributed by atoms with Crippen molar-refractivity contribution in [3.63, 3.8) is 0 Å². The van der Waals surface area contributed by atoms with Crippen LogP contribution in [-0.2, 0) is 9.31 Å². The van der Waals surface area contributed by atoms with E-state index in [1.54, 1.807) is 12.1 Å². The molecule has 96 valence electrons. The van der Waals surface area contributed by atoms with Crippen LogP contribution in [0, 0.1) is 5.82 Å². The Hall–Kier alpha value is -1.13. The van der Waals surface area contributed by atoms with Gasteiger partial charge in [0.15, 0.2) is 0 Å². The van der Waals surface area contributed by atoms with E-state index in [4.69, 9.17) is 9.31 Å². The molecule has 0 N–H and O–H groups in total. The Kier molecular flexibility index (Phi) is 3.34. The minimum Gasteiger partial charge on any atom is -0.400 e. The van der Waals surface area contributed by atoms with Gasteiger partial charge in [0, 0.05) is 0 Å². The summed E-state index contributed by atoms with van der Waals surface area (Å²) in [5, 5.41) is 0. The van der Waals surface area contributed by atoms with Gasteiger partial charge in [-0.25, -0.2) is 4.39 Å². The third-order valence-electron chi connectivity index (χ3n) is 3.59. The van der Waals surface area contributed by atoms with E-state index in [2.05, 4.69) is 0 Å². The van der Waals surface area contributed by atoms with Crippen LogP contribution in [-0.4, -0.2) is 18.3 Å². The molecule has 0 amide bonds. The van der Waals surface area contributed by atoms with E-state index in [1.807, 2.05) is 39.7 Å². The number of rotatable bonds is 2. The molecular formula is C14H18BFO2. The van der Waals surface area contributed by atoms with Gasteiger partial charge in [0.1, 0.15) is 5.82 Å². The van der Waals surface area contributed by atoms with E-state index in [1.165, 1.54) is 12.1 Å². The van der Waals surface area contributed by atoms with Crippen molar-refractivity contribution < 1.29 is 13.7 Å². The molecule has 0 radical (unpaired) electrons. The molecule has 0 unspecified atom stereocenters. The normalized spacial score (nSPS) is 21.7. The summed E-state index contributed by atoms with van der Waals surface area (Å²) < 4.78 is 24.4. The fourth-order valence-corrected chi connectivity index (χ4v) is 1.73. The van der Waals surface area contributed by atoms with Gasteiger partial charge >= 0.3 is 7.12 Å². The van der Waals surface area contributed by atoms with E-state index >= 15 is 0 Å². The highest BCUT2D eigenvalue weighted by atomic mass is 19.1. The molecular weight excluding hydrogens is 230 g/mol. The van der Waals surface area contributed by atoms with Crippen molar-refractivity contribution in [2.24, 2.45) is 0 Å². The van der Waals surface area contributed by atoms with Crippen LogP contribution in [0.3, 0.4) is 0 Å². The maximum absolute atomic E-state index is 12.8. The molecule has 0 spiro atoms. The van der Waals surface area contributed by atoms with Crippen LogP contribution >= 0.6 is 0 Å². The lowest BCUT2D eigenvalue weighted by atomic mass is 9.89. The minimum absolute atomic E-state index is 0.234. The second kappa shape index (κ2) is 4.52. The highest BCUT2D eigenvalue weighted by Crippen LogP contribution is 2.36. The number of benzene rings is 1. The van der Waals surface area contributed by atoms with Crippen LogP contribution < -0.4 is 0 Å². The lowest BCUT2D eigenvalue weighted by molar-refractivity contribution is 0.00578. The van der Waals surface area contributed by atoms with Crippen LogP contribution in [0.4, 0.5) is 4.39 Å². The molecule has 1 aliphatic rings. The molecule has 0 bridgehead atoms. The van der Waals surface area contributed by atoms with Crippen molar-refractivity contribution in [2.75, 3.05) is 0 Å². The number of hydrogen-bond donors (Lipinski definition) is 0. The molecule has 1 aliphatic heterocycles. The molecule has 0 atom stereocenters. The van der Waals surface area contributed by atoms with E-state index < -0.39 is 0 Å². The molecule has 4 heteroatoms. The van der Waals surface area contributed by atoms with Crippen LogP contribution in [0.15, 0.2) is 30.2 Å². The monoisotopic (exact) mass is 248 g/mol. The molecule has 2 rings (SSSR count). The molecule has 1 aromatic carbocycles. The van der Waals surface area contributed by atoms with Gasteiger partial charge < -0.3 is 9.31 Å². The second-order valence-corrected chi connectivity index (χ2v) is 5.54. The van der Waals surface area contributed by atoms with E-state index in [0.29, 0.717) is 0 Å². The molecule has 0 aromatic heterocycles. The first-order valence-electron chi connectivity index (χ1n) is 6.10. The predicted octanol–water partition coefficient (Wildman–Crippen LogP) is 3.47. The Balaban J connectivity index is 2.06. The van der Waals surface area contributed by atoms with Crippen molar-refractivity contribution in [1.82, 2.24) is 0 Å². The topological polar surface area (TPSA) is 18.5 Å². The third-order valence-corrected chi connectivity index (χ3v) is 3.59. The van der Waals surface area contributed by atoms with Gasteiger partial charge in [0.2, 0.25) is 0 Å². The summed E-state index contributed by atoms with van der Waals surface area (Å²) in [7, 11) is -0.361. The second-order valence-electron chi connectivity index (χ2n) is 5.54. The average Bonchev–Trinajstić information content (AvgIpc) is 2.47. The van der Waals surface area contributed by atoms with Crippen molar-refractivity contribution in [1.29, 1.82) is 0 Å². The van der Waals surface area contributed by atoms with E-state index in [0.717, 1.165) is 5.56 Å². The molecule has 1 heterocycles. The molecule has 18 heavy (non-hydrogen) atoms. The fourth-order valence-electron chi connectivity index (χ4n) is 1.73. The fraction of sp³-hybridized carbons (Fsp3) is 0.429. The van der Waals surface area contributed by atoms with Gasteiger partial charge in [-0.15, -0.1) is 0 Å². The molecule has 1 fully saturated rings. The zero-order valence-electron chi connectivity index (χ0n) is 11.2. The van der Waals surface area contributed by atoms with Crippen molar-refractivity contribution in [2.45, 2.75) is 38.9 Å². The van der Waals surface area contributed by atoms with Gasteiger partial charge in [0.05, 0.1) is 11.2 Å². The largest absolute Gasteiger partial charge is 0.487 e. The zero-order chi connectivity index (χ0) is 13.4. The van der Waals surface area contributed by atoms with Gasteiger partial charge in [-0.1, -0.05) is 24.2 Å². The van der Waals surface area contributed by atoms with Gasteiger partial charge in [-0.3, -0.25) is 0 Å². The van der Waals surface area contributed by atoms with Crippen LogP contribution in [0.1, 0.15) is 33.3 Å². The molecule has 0 aliphatic carbocycles. The Morgan fingerprint density at radius 1 is 1.00 bits per heavy atom. The Bertz CT molecular complexity index is 435. The highest BCUT2D eigenvalue weighted by Gasteiger charge is 2.49. The standard InChI is InChI=1S/C14H18BFO2/c1-13(2)14(3,4)18-15(17-13)10-9-11-5-7-12(16)8-6-11/h5-10H,1-4H3/b10-9-. The van der Waals surface area contributed by atoms with Gasteiger partial charge in [-0.2, -0.15) is 0 Å². The van der Waals surface area contributed by atoms with Crippen molar-refractivity contribution >= 4 is 13.2 Å². The quantitative estimate of drug-likeness (QED) is 0.746. The van der Waals surface area contributed by atoms with E-state index in [9.17, 15) is 4.39 Å². The van der Waals surface area contributed by atoms with E-state index in [-0.39, 0.29) is 24.1 Å². The summed E-state index contributed by atoms with van der Waals surface area (Å²) in [5.74, 6) is 1.62. The maximum Gasteiger partial charge on any atom is 0.487 e. The van der Waals surface area contributed by atoms with Crippen molar-refractivity contribution in [3.05, 3.63) is 41.6 Å². The number of halogens is 1. The Morgan fingerprint density at radius 2 is 1.50 bits per heavy atom. The zero-order valence-corrected chi connectivity index (χ0v) is 11.2. The molecule has 1 saturated heterocycles. The summed E-state index contributed by atoms with van der Waals surface area (Å²) in [4.78, 5) is 0. The molecule has 1 aromatic rings. The summed E-state index contributed by atoms with van der Waals surface area (Å²) >= 11 is 0. The maximum atomic E-state index is 12.8. The summed E-state index contributed by atoms with van der Waals surface area (Å²) in [6.07, 6.45) is 1.88. The summed E-state index contributed by atoms with van der Waals surface area (Å²) in [6, 6.07) is 6.31. The smallest absolute Gasteiger partial charge is 0.400 e. The summed E-state index contributed by atoms with van der Waals surface area (Å²) in [5.41, 5.74) is 0.265. The first-order chi connectivity index (χ1) is 8.30. The first kappa shape index (κ1) is 13.3. The molecule has 0 saturated carbocycles. The Morgan fingerprint density at radius 3 is 2.00 bits per heavy atom.